The second-order valence-corrected chi connectivity index (χ2v) is 9.88. The maximum atomic E-state index is 9.70. The zero-order valence-electron chi connectivity index (χ0n) is 22.1. The lowest BCUT2D eigenvalue weighted by atomic mass is 9.92. The third-order valence-corrected chi connectivity index (χ3v) is 7.19. The van der Waals surface area contributed by atoms with Gasteiger partial charge in [0.2, 0.25) is 0 Å². The molecule has 0 aliphatic carbocycles. The van der Waals surface area contributed by atoms with E-state index in [1.54, 1.807) is 6.07 Å². The summed E-state index contributed by atoms with van der Waals surface area (Å²) in [6, 6.07) is 12.1. The Balaban J connectivity index is 0.000000158. The number of aromatic hydroxyl groups is 1. The Hall–Kier alpha value is -2.90. The van der Waals surface area contributed by atoms with Crippen LogP contribution < -0.4 is 0 Å². The van der Waals surface area contributed by atoms with Gasteiger partial charge >= 0.3 is 0 Å². The van der Waals surface area contributed by atoms with Crippen molar-refractivity contribution in [3.8, 4) is 5.75 Å². The van der Waals surface area contributed by atoms with Gasteiger partial charge in [0.15, 0.2) is 11.2 Å². The molecular weight excluding hydrogens is 456 g/mol. The number of nitrogens with zero attached hydrogens (tertiary/aromatic N) is 2. The van der Waals surface area contributed by atoms with Crippen molar-refractivity contribution in [2.75, 3.05) is 26.4 Å². The van der Waals surface area contributed by atoms with E-state index in [1.165, 1.54) is 16.7 Å². The second-order valence-electron chi connectivity index (χ2n) is 9.88. The molecule has 1 N–H and O–H groups in total. The summed E-state index contributed by atoms with van der Waals surface area (Å²) in [7, 11) is 0. The fraction of sp³-hybridized carbons (Fsp3) is 0.517. The predicted octanol–water partition coefficient (Wildman–Crippen LogP) is 5.60. The van der Waals surface area contributed by atoms with Crippen LogP contribution in [0.2, 0.25) is 0 Å². The zero-order valence-corrected chi connectivity index (χ0v) is 22.1. The van der Waals surface area contributed by atoms with Crippen LogP contribution in [-0.4, -0.2) is 54.2 Å². The molecule has 7 heteroatoms. The Morgan fingerprint density at radius 2 is 1.19 bits per heavy atom. The van der Waals surface area contributed by atoms with Crippen LogP contribution >= 0.6 is 0 Å². The molecule has 4 heterocycles. The van der Waals surface area contributed by atoms with Gasteiger partial charge in [0.25, 0.3) is 0 Å². The number of phenolic OH excluding ortho intramolecular Hbond substituents is 1. The maximum absolute atomic E-state index is 9.70. The number of aryl methyl sites for hydroxylation is 3. The van der Waals surface area contributed by atoms with Gasteiger partial charge in [-0.2, -0.15) is 0 Å². The van der Waals surface area contributed by atoms with Crippen molar-refractivity contribution in [3.05, 3.63) is 64.2 Å². The van der Waals surface area contributed by atoms with E-state index in [2.05, 4.69) is 42.4 Å². The Kier molecular flexibility index (Phi) is 8.00. The first kappa shape index (κ1) is 26.2. The number of hydrogen-bond donors (Lipinski definition) is 1. The molecule has 2 fully saturated rings. The lowest BCUT2D eigenvalue weighted by Gasteiger charge is -2.17. The van der Waals surface area contributed by atoms with E-state index in [4.69, 9.17) is 19.1 Å². The second kappa shape index (κ2) is 11.0. The van der Waals surface area contributed by atoms with E-state index in [0.29, 0.717) is 19.0 Å². The molecule has 0 saturated carbocycles. The average Bonchev–Trinajstić information content (AvgIpc) is 3.70. The molecule has 2 unspecified atom stereocenters. The summed E-state index contributed by atoms with van der Waals surface area (Å²) >= 11 is 0. The molecule has 2 saturated heterocycles. The molecular formula is C29H38N2O5. The smallest absolute Gasteiger partial charge is 0.168 e. The Morgan fingerprint density at radius 1 is 0.694 bits per heavy atom. The predicted molar refractivity (Wildman–Crippen MR) is 141 cm³/mol. The highest BCUT2D eigenvalue weighted by Crippen LogP contribution is 2.35. The summed E-state index contributed by atoms with van der Waals surface area (Å²) in [6.45, 7) is 12.9. The van der Waals surface area contributed by atoms with Crippen LogP contribution in [0.5, 0.6) is 5.75 Å². The first-order valence-electron chi connectivity index (χ1n) is 12.9. The largest absolute Gasteiger partial charge is 0.508 e. The summed E-state index contributed by atoms with van der Waals surface area (Å²) in [6.07, 6.45) is 3.47. The maximum Gasteiger partial charge on any atom is 0.168 e. The van der Waals surface area contributed by atoms with Gasteiger partial charge in [-0.15, -0.1) is 0 Å². The first-order valence-corrected chi connectivity index (χ1v) is 12.9. The van der Waals surface area contributed by atoms with Crippen molar-refractivity contribution in [1.82, 2.24) is 0 Å². The van der Waals surface area contributed by atoms with Crippen molar-refractivity contribution in [1.29, 1.82) is 0 Å². The number of oxime groups is 2. The van der Waals surface area contributed by atoms with Gasteiger partial charge in [-0.05, 0) is 55.2 Å². The van der Waals surface area contributed by atoms with E-state index < -0.39 is 0 Å². The fourth-order valence-corrected chi connectivity index (χ4v) is 4.66. The molecule has 4 aliphatic heterocycles. The molecule has 6 rings (SSSR count). The Labute approximate surface area is 214 Å². The zero-order chi connectivity index (χ0) is 25.8. The summed E-state index contributed by atoms with van der Waals surface area (Å²) in [5.74, 6) is 0.300. The Bertz CT molecular complexity index is 1040. The summed E-state index contributed by atoms with van der Waals surface area (Å²) in [5, 5.41) is 18.1. The van der Waals surface area contributed by atoms with Gasteiger partial charge < -0.3 is 24.3 Å². The molecule has 194 valence electrons. The normalized spacial score (nSPS) is 25.9. The molecule has 4 aliphatic rings. The van der Waals surface area contributed by atoms with Crippen LogP contribution in [0.15, 0.2) is 46.7 Å². The van der Waals surface area contributed by atoms with Gasteiger partial charge in [-0.3, -0.25) is 0 Å². The topological polar surface area (TPSA) is 81.9 Å². The standard InChI is InChI=1S/C14H17NO2.C13H15NO3.C2H6/c1-10-3-4-12(7-11(10)2)13-8-14(17-15-13)5-6-16-9-14;1-9-2-3-10(6-12(9)15)11-7-13(17-14-11)4-5-16-8-13;1-2/h3-4,7H,5-6,8-9H2,1-2H3;2-3,6,15H,4-5,7-8H2,1H3;1-2H3. The van der Waals surface area contributed by atoms with Crippen LogP contribution in [0, 0.1) is 20.8 Å². The minimum absolute atomic E-state index is 0.172. The molecule has 2 spiro atoms. The Morgan fingerprint density at radius 3 is 1.64 bits per heavy atom. The van der Waals surface area contributed by atoms with Crippen LogP contribution in [0.1, 0.15) is 67.3 Å². The number of ether oxygens (including phenoxy) is 2. The molecule has 0 radical (unpaired) electrons. The van der Waals surface area contributed by atoms with E-state index in [1.807, 2.05) is 32.9 Å². The minimum Gasteiger partial charge on any atom is -0.508 e. The summed E-state index contributed by atoms with van der Waals surface area (Å²) in [4.78, 5) is 11.1. The van der Waals surface area contributed by atoms with Crippen molar-refractivity contribution in [2.24, 2.45) is 10.3 Å². The van der Waals surface area contributed by atoms with Crippen LogP contribution in [0.25, 0.3) is 0 Å². The van der Waals surface area contributed by atoms with Crippen LogP contribution in [0.3, 0.4) is 0 Å². The average molecular weight is 495 g/mol. The molecule has 2 atom stereocenters. The van der Waals surface area contributed by atoms with Gasteiger partial charge in [-0.25, -0.2) is 0 Å². The third-order valence-electron chi connectivity index (χ3n) is 7.19. The molecule has 36 heavy (non-hydrogen) atoms. The highest BCUT2D eigenvalue weighted by atomic mass is 16.7. The SMILES string of the molecule is CC.Cc1ccc(C2=NOC3(CCOC3)C2)cc1C.Cc1ccc(C2=NOC3(CCOC3)C2)cc1O. The molecule has 2 aromatic rings. The highest BCUT2D eigenvalue weighted by Gasteiger charge is 2.44. The summed E-state index contributed by atoms with van der Waals surface area (Å²) in [5.41, 5.74) is 7.11. The summed E-state index contributed by atoms with van der Waals surface area (Å²) < 4.78 is 10.8. The van der Waals surface area contributed by atoms with E-state index in [-0.39, 0.29) is 11.2 Å². The van der Waals surface area contributed by atoms with Crippen LogP contribution in [-0.2, 0) is 19.1 Å². The lowest BCUT2D eigenvalue weighted by Crippen LogP contribution is -2.29. The molecule has 0 bridgehead atoms. The third kappa shape index (κ3) is 5.57. The van der Waals surface area contributed by atoms with Gasteiger partial charge in [0.1, 0.15) is 5.75 Å². The number of hydrogen-bond acceptors (Lipinski definition) is 7. The number of benzene rings is 2. The van der Waals surface area contributed by atoms with Crippen molar-refractivity contribution in [3.63, 3.8) is 0 Å². The monoisotopic (exact) mass is 494 g/mol. The molecule has 7 nitrogen and oxygen atoms in total. The minimum atomic E-state index is -0.254. The fourth-order valence-electron chi connectivity index (χ4n) is 4.66. The lowest BCUT2D eigenvalue weighted by molar-refractivity contribution is -0.0238. The number of phenols is 1. The number of rotatable bonds is 2. The highest BCUT2D eigenvalue weighted by molar-refractivity contribution is 6.02. The molecule has 2 aromatic carbocycles. The van der Waals surface area contributed by atoms with Crippen molar-refractivity contribution < 1.29 is 24.3 Å². The van der Waals surface area contributed by atoms with Crippen molar-refractivity contribution in [2.45, 2.75) is 71.5 Å². The van der Waals surface area contributed by atoms with Gasteiger partial charge in [0, 0.05) is 31.2 Å². The van der Waals surface area contributed by atoms with E-state index >= 15 is 0 Å². The van der Waals surface area contributed by atoms with Gasteiger partial charge in [-0.1, -0.05) is 48.4 Å². The van der Waals surface area contributed by atoms with Crippen LogP contribution in [0.4, 0.5) is 0 Å². The first-order chi connectivity index (χ1) is 17.4. The van der Waals surface area contributed by atoms with Crippen molar-refractivity contribution >= 4 is 11.4 Å². The molecule has 0 amide bonds. The molecule has 0 aromatic heterocycles. The quantitative estimate of drug-likeness (QED) is 0.588. The van der Waals surface area contributed by atoms with Gasteiger partial charge in [0.05, 0.1) is 37.9 Å². The van der Waals surface area contributed by atoms with E-state index in [0.717, 1.165) is 61.4 Å². The van der Waals surface area contributed by atoms with E-state index in [9.17, 15) is 5.11 Å².